The fourth-order valence-electron chi connectivity index (χ4n) is 2.56. The Labute approximate surface area is 168 Å². The molecule has 0 saturated heterocycles. The number of amides is 1. The SMILES string of the molecule is CC(=O)c1ccc(-c2ccc(-n3cnn(CC(=CF)COC(N)=O)c3=O)cc2)s1. The molecule has 10 heteroatoms. The average molecular weight is 416 g/mol. The number of halogens is 1. The van der Waals surface area contributed by atoms with E-state index < -0.39 is 11.8 Å². The molecule has 0 bridgehead atoms. The molecule has 2 heterocycles. The van der Waals surface area contributed by atoms with E-state index in [0.717, 1.165) is 15.1 Å². The highest BCUT2D eigenvalue weighted by atomic mass is 32.1. The van der Waals surface area contributed by atoms with Crippen LogP contribution in [0.3, 0.4) is 0 Å². The molecule has 8 nitrogen and oxygen atoms in total. The topological polar surface area (TPSA) is 109 Å². The number of nitrogens with two attached hydrogens (primary N) is 1. The number of ketones is 1. The number of hydrogen-bond acceptors (Lipinski definition) is 6. The third-order valence-electron chi connectivity index (χ3n) is 4.02. The molecule has 3 rings (SSSR count). The second-order valence-electron chi connectivity index (χ2n) is 6.08. The maximum atomic E-state index is 12.9. The number of Topliss-reactive ketones (excluding diaryl/α,β-unsaturated/α-hetero) is 1. The molecular weight excluding hydrogens is 399 g/mol. The quantitative estimate of drug-likeness (QED) is 0.596. The predicted octanol–water partition coefficient (Wildman–Crippen LogP) is 2.91. The van der Waals surface area contributed by atoms with Crippen molar-refractivity contribution in [3.05, 3.63) is 70.0 Å². The fourth-order valence-corrected chi connectivity index (χ4v) is 3.47. The van der Waals surface area contributed by atoms with Crippen molar-refractivity contribution in [1.82, 2.24) is 14.3 Å². The number of thiophene rings is 1. The number of ether oxygens (including phenoxy) is 1. The number of carbonyl (C=O) groups is 2. The van der Waals surface area contributed by atoms with Crippen LogP contribution < -0.4 is 11.4 Å². The molecule has 0 aliphatic carbocycles. The Morgan fingerprint density at radius 2 is 1.97 bits per heavy atom. The normalized spacial score (nSPS) is 11.4. The van der Waals surface area contributed by atoms with E-state index in [4.69, 9.17) is 5.73 Å². The van der Waals surface area contributed by atoms with Crippen LogP contribution in [0, 0.1) is 0 Å². The standard InChI is InChI=1S/C19H17FN4O4S/c1-12(25)16-6-7-17(29-16)14-2-4-15(5-3-14)23-11-22-24(19(23)27)9-13(8-20)10-28-18(21)26/h2-8,11H,9-10H2,1H3,(H2,21,26). The van der Waals surface area contributed by atoms with Crippen LogP contribution >= 0.6 is 11.3 Å². The average Bonchev–Trinajstić information content (AvgIpc) is 3.33. The number of aromatic nitrogens is 3. The summed E-state index contributed by atoms with van der Waals surface area (Å²) in [5, 5.41) is 3.96. The van der Waals surface area contributed by atoms with Gasteiger partial charge in [0.05, 0.1) is 23.4 Å². The number of rotatable bonds is 7. The molecule has 0 fully saturated rings. The van der Waals surface area contributed by atoms with Crippen LogP contribution in [0.4, 0.5) is 9.18 Å². The molecule has 1 aromatic carbocycles. The van der Waals surface area contributed by atoms with Gasteiger partial charge < -0.3 is 10.5 Å². The molecule has 0 atom stereocenters. The van der Waals surface area contributed by atoms with Crippen molar-refractivity contribution in [3.63, 3.8) is 0 Å². The van der Waals surface area contributed by atoms with Gasteiger partial charge in [-0.25, -0.2) is 23.2 Å². The van der Waals surface area contributed by atoms with Gasteiger partial charge in [-0.05, 0) is 36.8 Å². The number of hydrogen-bond donors (Lipinski definition) is 1. The number of carbonyl (C=O) groups excluding carboxylic acids is 2. The van der Waals surface area contributed by atoms with Gasteiger partial charge in [0.25, 0.3) is 0 Å². The number of primary amides is 1. The summed E-state index contributed by atoms with van der Waals surface area (Å²) in [7, 11) is 0. The fraction of sp³-hybridized carbons (Fsp3) is 0.158. The van der Waals surface area contributed by atoms with E-state index in [-0.39, 0.29) is 30.8 Å². The van der Waals surface area contributed by atoms with Crippen LogP contribution in [0.5, 0.6) is 0 Å². The zero-order valence-electron chi connectivity index (χ0n) is 15.4. The van der Waals surface area contributed by atoms with Gasteiger partial charge in [-0.15, -0.1) is 11.3 Å². The Kier molecular flexibility index (Phi) is 6.03. The number of nitrogens with zero attached hydrogens (tertiary/aromatic N) is 3. The van der Waals surface area contributed by atoms with Crippen molar-refractivity contribution in [2.75, 3.05) is 6.61 Å². The Balaban J connectivity index is 1.78. The Morgan fingerprint density at radius 1 is 1.24 bits per heavy atom. The minimum Gasteiger partial charge on any atom is -0.445 e. The van der Waals surface area contributed by atoms with Crippen LogP contribution in [0.2, 0.25) is 0 Å². The van der Waals surface area contributed by atoms with E-state index in [9.17, 15) is 18.8 Å². The highest BCUT2D eigenvalue weighted by molar-refractivity contribution is 7.17. The van der Waals surface area contributed by atoms with Gasteiger partial charge >= 0.3 is 11.8 Å². The van der Waals surface area contributed by atoms with Crippen LogP contribution in [0.25, 0.3) is 16.1 Å². The summed E-state index contributed by atoms with van der Waals surface area (Å²) in [5.41, 5.74) is 5.90. The lowest BCUT2D eigenvalue weighted by molar-refractivity contribution is 0.102. The van der Waals surface area contributed by atoms with Crippen molar-refractivity contribution in [2.45, 2.75) is 13.5 Å². The lowest BCUT2D eigenvalue weighted by Crippen LogP contribution is -2.26. The van der Waals surface area contributed by atoms with Crippen molar-refractivity contribution in [2.24, 2.45) is 5.73 Å². The minimum absolute atomic E-state index is 0.0137. The van der Waals surface area contributed by atoms with Gasteiger partial charge in [-0.3, -0.25) is 4.79 Å². The summed E-state index contributed by atoms with van der Waals surface area (Å²) >= 11 is 1.40. The monoisotopic (exact) mass is 416 g/mol. The highest BCUT2D eigenvalue weighted by Crippen LogP contribution is 2.28. The third-order valence-corrected chi connectivity index (χ3v) is 5.26. The lowest BCUT2D eigenvalue weighted by Gasteiger charge is -2.05. The number of benzene rings is 1. The van der Waals surface area contributed by atoms with Gasteiger partial charge in [0.15, 0.2) is 5.78 Å². The first-order valence-corrected chi connectivity index (χ1v) is 9.27. The second kappa shape index (κ2) is 8.65. The van der Waals surface area contributed by atoms with E-state index in [1.165, 1.54) is 29.2 Å². The molecule has 1 amide bonds. The van der Waals surface area contributed by atoms with Crippen molar-refractivity contribution < 1.29 is 18.7 Å². The molecule has 150 valence electrons. The maximum absolute atomic E-state index is 12.9. The molecule has 3 aromatic rings. The molecule has 0 spiro atoms. The minimum atomic E-state index is -1.04. The van der Waals surface area contributed by atoms with E-state index in [0.29, 0.717) is 10.6 Å². The molecule has 0 radical (unpaired) electrons. The van der Waals surface area contributed by atoms with E-state index in [1.54, 1.807) is 18.2 Å². The Bertz CT molecular complexity index is 1130. The maximum Gasteiger partial charge on any atom is 0.404 e. The van der Waals surface area contributed by atoms with Gasteiger partial charge in [0.2, 0.25) is 0 Å². The summed E-state index contributed by atoms with van der Waals surface area (Å²) in [6.45, 7) is 0.964. The van der Waals surface area contributed by atoms with Crippen LogP contribution in [0.15, 0.2) is 59.4 Å². The molecule has 0 unspecified atom stereocenters. The second-order valence-corrected chi connectivity index (χ2v) is 7.17. The van der Waals surface area contributed by atoms with E-state index >= 15 is 0 Å². The van der Waals surface area contributed by atoms with Crippen LogP contribution in [-0.4, -0.2) is 32.8 Å². The molecule has 29 heavy (non-hydrogen) atoms. The first kappa shape index (κ1) is 20.2. The summed E-state index contributed by atoms with van der Waals surface area (Å²) in [6, 6.07) is 10.8. The lowest BCUT2D eigenvalue weighted by atomic mass is 10.1. The third kappa shape index (κ3) is 4.66. The first-order chi connectivity index (χ1) is 13.9. The summed E-state index contributed by atoms with van der Waals surface area (Å²) in [5.74, 6) is 0.0137. The van der Waals surface area contributed by atoms with Gasteiger partial charge in [-0.1, -0.05) is 12.1 Å². The molecule has 2 aromatic heterocycles. The van der Waals surface area contributed by atoms with Crippen LogP contribution in [0.1, 0.15) is 16.6 Å². The summed E-state index contributed by atoms with van der Waals surface area (Å²) < 4.78 is 19.8. The van der Waals surface area contributed by atoms with Gasteiger partial charge in [0, 0.05) is 10.5 Å². The Hall–Kier alpha value is -3.53. The first-order valence-electron chi connectivity index (χ1n) is 8.45. The highest BCUT2D eigenvalue weighted by Gasteiger charge is 2.11. The smallest absolute Gasteiger partial charge is 0.404 e. The zero-order valence-corrected chi connectivity index (χ0v) is 16.2. The van der Waals surface area contributed by atoms with Crippen molar-refractivity contribution in [1.29, 1.82) is 0 Å². The summed E-state index contributed by atoms with van der Waals surface area (Å²) in [6.07, 6.45) is 0.532. The van der Waals surface area contributed by atoms with Gasteiger partial charge in [0.1, 0.15) is 12.9 Å². The van der Waals surface area contributed by atoms with Crippen molar-refractivity contribution >= 4 is 23.2 Å². The Morgan fingerprint density at radius 3 is 2.55 bits per heavy atom. The zero-order chi connectivity index (χ0) is 21.0. The van der Waals surface area contributed by atoms with E-state index in [1.807, 2.05) is 18.2 Å². The van der Waals surface area contributed by atoms with Crippen LogP contribution in [-0.2, 0) is 11.3 Å². The van der Waals surface area contributed by atoms with Gasteiger partial charge in [-0.2, -0.15) is 5.10 Å². The predicted molar refractivity (Wildman–Crippen MR) is 106 cm³/mol. The molecule has 0 saturated carbocycles. The van der Waals surface area contributed by atoms with E-state index in [2.05, 4.69) is 9.84 Å². The van der Waals surface area contributed by atoms with Crippen molar-refractivity contribution in [3.8, 4) is 16.1 Å². The summed E-state index contributed by atoms with van der Waals surface area (Å²) in [4.78, 5) is 36.2. The molecule has 0 aliphatic rings. The molecule has 0 aliphatic heterocycles. The molecule has 2 N–H and O–H groups in total. The largest absolute Gasteiger partial charge is 0.445 e. The molecular formula is C19H17FN4O4S.